The third kappa shape index (κ3) is 4.77. The summed E-state index contributed by atoms with van der Waals surface area (Å²) in [6, 6.07) is 17.1. The lowest BCUT2D eigenvalue weighted by molar-refractivity contribution is -0.387. The summed E-state index contributed by atoms with van der Waals surface area (Å²) in [4.78, 5) is 22.3. The Morgan fingerprint density at radius 1 is 1.00 bits per heavy atom. The minimum Gasteiger partial charge on any atom is -0.378 e. The van der Waals surface area contributed by atoms with Crippen LogP contribution in [-0.2, 0) is 10.0 Å². The molecule has 0 aromatic heterocycles. The molecule has 1 fully saturated rings. The zero-order valence-electron chi connectivity index (χ0n) is 19.1. The molecule has 3 aromatic rings. The quantitative estimate of drug-likeness (QED) is 0.237. The lowest BCUT2D eigenvalue weighted by Gasteiger charge is -2.38. The van der Waals surface area contributed by atoms with Crippen LogP contribution in [0.25, 0.3) is 0 Å². The Hall–Kier alpha value is -3.19. The van der Waals surface area contributed by atoms with Gasteiger partial charge in [-0.1, -0.05) is 24.3 Å². The molecule has 0 bridgehead atoms. The third-order valence-corrected chi connectivity index (χ3v) is 9.94. The number of anilines is 1. The number of fused-ring (bicyclic) bond motifs is 3. The van der Waals surface area contributed by atoms with Gasteiger partial charge in [0.15, 0.2) is 0 Å². The maximum atomic E-state index is 12.1. The van der Waals surface area contributed by atoms with E-state index in [9.17, 15) is 28.6 Å². The lowest BCUT2D eigenvalue weighted by atomic mass is 9.77. The highest BCUT2D eigenvalue weighted by Gasteiger charge is 2.50. The first-order valence-corrected chi connectivity index (χ1v) is 14.1. The number of thioether (sulfide) groups is 1. The van der Waals surface area contributed by atoms with Gasteiger partial charge in [-0.3, -0.25) is 20.2 Å². The number of nitro groups is 2. The molecule has 0 saturated heterocycles. The van der Waals surface area contributed by atoms with Gasteiger partial charge in [-0.05, 0) is 47.7 Å². The molecule has 0 radical (unpaired) electrons. The van der Waals surface area contributed by atoms with E-state index in [-0.39, 0.29) is 39.4 Å². The van der Waals surface area contributed by atoms with Gasteiger partial charge in [0.2, 0.25) is 10.0 Å². The van der Waals surface area contributed by atoms with Crippen LogP contribution in [0.2, 0.25) is 0 Å². The fourth-order valence-electron chi connectivity index (χ4n) is 5.28. The summed E-state index contributed by atoms with van der Waals surface area (Å²) < 4.78 is 24.1. The Morgan fingerprint density at radius 3 is 2.35 bits per heavy atom. The molecule has 1 saturated carbocycles. The van der Waals surface area contributed by atoms with Gasteiger partial charge in [-0.2, -0.15) is 0 Å². The van der Waals surface area contributed by atoms with Gasteiger partial charge in [-0.25, -0.2) is 13.6 Å². The monoisotopic (exact) mass is 560 g/mol. The lowest BCUT2D eigenvalue weighted by Crippen LogP contribution is -2.31. The van der Waals surface area contributed by atoms with Crippen molar-refractivity contribution in [3.63, 3.8) is 0 Å². The second-order valence-corrected chi connectivity index (χ2v) is 12.4. The van der Waals surface area contributed by atoms with Crippen LogP contribution in [0, 0.1) is 26.1 Å². The first-order chi connectivity index (χ1) is 17.5. The number of primary sulfonamides is 1. The number of benzene rings is 3. The summed E-state index contributed by atoms with van der Waals surface area (Å²) in [6.45, 7) is 0. The van der Waals surface area contributed by atoms with Crippen LogP contribution < -0.4 is 10.5 Å². The number of hydrogen-bond donors (Lipinski definition) is 2. The number of sulfonamides is 1. The smallest absolute Gasteiger partial charge is 0.282 e. The van der Waals surface area contributed by atoms with Gasteiger partial charge in [-0.15, -0.1) is 23.4 Å². The summed E-state index contributed by atoms with van der Waals surface area (Å²) >= 11 is 8.39. The number of rotatable bonds is 6. The van der Waals surface area contributed by atoms with Gasteiger partial charge >= 0.3 is 0 Å². The second kappa shape index (κ2) is 9.60. The van der Waals surface area contributed by atoms with Gasteiger partial charge < -0.3 is 5.32 Å². The van der Waals surface area contributed by atoms with Crippen LogP contribution >= 0.6 is 23.4 Å². The molecule has 0 amide bonds. The SMILES string of the molecule is NS(=O)(=O)c1ccc2c(c1)[C@@H]1[C@H](Cl)[C@H](Sc3ccccc3[N+](=O)[O-])C[C@H]1[C@H](c1ccc([N+](=O)[O-])cc1)N2. The van der Waals surface area contributed by atoms with E-state index in [2.05, 4.69) is 5.32 Å². The first-order valence-electron chi connectivity index (χ1n) is 11.3. The average Bonchev–Trinajstić information content (AvgIpc) is 3.19. The Bertz CT molecular complexity index is 1500. The van der Waals surface area contributed by atoms with Crippen molar-refractivity contribution in [2.45, 2.75) is 38.8 Å². The maximum Gasteiger partial charge on any atom is 0.282 e. The van der Waals surface area contributed by atoms with E-state index in [1.54, 1.807) is 36.4 Å². The summed E-state index contributed by atoms with van der Waals surface area (Å²) in [5.74, 6) is -0.410. The van der Waals surface area contributed by atoms with E-state index < -0.39 is 25.2 Å². The van der Waals surface area contributed by atoms with E-state index >= 15 is 0 Å². The summed E-state index contributed by atoms with van der Waals surface area (Å²) in [5, 5.41) is 30.9. The van der Waals surface area contributed by atoms with Crippen molar-refractivity contribution in [3.8, 4) is 0 Å². The van der Waals surface area contributed by atoms with E-state index in [1.165, 1.54) is 42.1 Å². The molecule has 37 heavy (non-hydrogen) atoms. The largest absolute Gasteiger partial charge is 0.378 e. The van der Waals surface area contributed by atoms with Crippen LogP contribution in [0.4, 0.5) is 17.1 Å². The second-order valence-electron chi connectivity index (χ2n) is 9.02. The molecule has 0 unspecified atom stereocenters. The van der Waals surface area contributed by atoms with Gasteiger partial charge in [0.1, 0.15) is 0 Å². The number of halogens is 1. The standard InChI is InChI=1S/C24H21ClN4O6S2/c25-23-21(36-20-4-2-1-3-19(20)29(32)33)12-17-22(23)16-11-15(37(26,34)35)9-10-18(16)27-24(17)13-5-7-14(8-6-13)28(30)31/h1-11,17,21-24,27H,12H2,(H2,26,34,35)/t17-,21-,22+,23-,24+/m1/s1. The Balaban J connectivity index is 1.57. The molecular weight excluding hydrogens is 540 g/mol. The molecule has 0 spiro atoms. The summed E-state index contributed by atoms with van der Waals surface area (Å²) in [5.41, 5.74) is 2.19. The molecule has 192 valence electrons. The number of alkyl halides is 1. The zero-order chi connectivity index (χ0) is 26.5. The van der Waals surface area contributed by atoms with Crippen molar-refractivity contribution in [1.29, 1.82) is 0 Å². The Morgan fingerprint density at radius 2 is 1.70 bits per heavy atom. The minimum atomic E-state index is -3.95. The molecule has 3 N–H and O–H groups in total. The van der Waals surface area contributed by atoms with Gasteiger partial charge in [0, 0.05) is 35.1 Å². The number of hydrogen-bond acceptors (Lipinski definition) is 8. The van der Waals surface area contributed by atoms with Crippen molar-refractivity contribution >= 4 is 50.4 Å². The molecule has 1 heterocycles. The van der Waals surface area contributed by atoms with Crippen LogP contribution in [-0.4, -0.2) is 28.9 Å². The van der Waals surface area contributed by atoms with Crippen LogP contribution in [0.5, 0.6) is 0 Å². The Kier molecular flexibility index (Phi) is 6.61. The molecule has 5 atom stereocenters. The van der Waals surface area contributed by atoms with Crippen molar-refractivity contribution in [1.82, 2.24) is 0 Å². The highest BCUT2D eigenvalue weighted by molar-refractivity contribution is 8.00. The van der Waals surface area contributed by atoms with Crippen LogP contribution in [0.1, 0.15) is 29.5 Å². The number of non-ortho nitro benzene ring substituents is 1. The van der Waals surface area contributed by atoms with Crippen LogP contribution in [0.15, 0.2) is 76.5 Å². The Labute approximate surface area is 221 Å². The molecule has 1 aliphatic heterocycles. The fraction of sp³-hybridized carbons (Fsp3) is 0.250. The number of nitro benzene ring substituents is 2. The highest BCUT2D eigenvalue weighted by atomic mass is 35.5. The molecule has 2 aliphatic rings. The molecular formula is C24H21ClN4O6S2. The van der Waals surface area contributed by atoms with E-state index in [1.807, 2.05) is 0 Å². The number of para-hydroxylation sites is 1. The van der Waals surface area contributed by atoms with Gasteiger partial charge in [0.25, 0.3) is 11.4 Å². The van der Waals surface area contributed by atoms with Crippen molar-refractivity contribution in [3.05, 3.63) is 98.1 Å². The predicted octanol–water partition coefficient (Wildman–Crippen LogP) is 5.19. The van der Waals surface area contributed by atoms with E-state index in [0.717, 1.165) is 5.56 Å². The van der Waals surface area contributed by atoms with Crippen LogP contribution in [0.3, 0.4) is 0 Å². The molecule has 3 aromatic carbocycles. The number of nitrogens with one attached hydrogen (secondary N) is 1. The fourth-order valence-corrected chi connectivity index (χ4v) is 7.77. The molecule has 1 aliphatic carbocycles. The first kappa shape index (κ1) is 25.5. The van der Waals surface area contributed by atoms with E-state index in [4.69, 9.17) is 16.7 Å². The highest BCUT2D eigenvalue weighted by Crippen LogP contribution is 2.58. The van der Waals surface area contributed by atoms with Crippen molar-refractivity contribution in [2.75, 3.05) is 5.32 Å². The minimum absolute atomic E-state index is 0.00630. The third-order valence-electron chi connectivity index (χ3n) is 6.92. The summed E-state index contributed by atoms with van der Waals surface area (Å²) in [7, 11) is -3.95. The predicted molar refractivity (Wildman–Crippen MR) is 141 cm³/mol. The zero-order valence-corrected chi connectivity index (χ0v) is 21.4. The number of nitrogens with two attached hydrogens (primary N) is 1. The average molecular weight is 561 g/mol. The van der Waals surface area contributed by atoms with Crippen molar-refractivity contribution in [2.24, 2.45) is 11.1 Å². The topological polar surface area (TPSA) is 158 Å². The molecule has 10 nitrogen and oxygen atoms in total. The maximum absolute atomic E-state index is 12.1. The molecule has 13 heteroatoms. The van der Waals surface area contributed by atoms with E-state index in [0.29, 0.717) is 22.6 Å². The molecule has 5 rings (SSSR count). The van der Waals surface area contributed by atoms with Crippen molar-refractivity contribution < 1.29 is 18.3 Å². The van der Waals surface area contributed by atoms with Gasteiger partial charge in [0.05, 0.1) is 31.1 Å². The number of nitrogens with zero attached hydrogens (tertiary/aromatic N) is 2. The summed E-state index contributed by atoms with van der Waals surface area (Å²) in [6.07, 6.45) is 0.573. The normalized spacial score (nSPS) is 24.5.